The van der Waals surface area contributed by atoms with Crippen LogP contribution in [0.1, 0.15) is 50.6 Å². The van der Waals surface area contributed by atoms with Crippen molar-refractivity contribution >= 4 is 11.9 Å². The zero-order valence-corrected chi connectivity index (χ0v) is 15.4. The Balaban J connectivity index is 1.76. The fourth-order valence-electron chi connectivity index (χ4n) is 2.82. The molecule has 144 valence electrons. The first-order chi connectivity index (χ1) is 13.3. The molecule has 8 heteroatoms. The van der Waals surface area contributed by atoms with Crippen LogP contribution in [0.25, 0.3) is 0 Å². The van der Waals surface area contributed by atoms with Crippen molar-refractivity contribution in [2.24, 2.45) is 0 Å². The lowest BCUT2D eigenvalue weighted by Gasteiger charge is -2.15. The SMILES string of the molecule is Cc1nnn(Cc2ccc(F)cc2)c1C(=O)N[C@@H](C)c1ccc(C(=O)O)cc1. The Hall–Kier alpha value is -3.55. The minimum atomic E-state index is -1.00. The van der Waals surface area contributed by atoms with Gasteiger partial charge < -0.3 is 10.4 Å². The number of nitrogens with one attached hydrogen (secondary N) is 1. The van der Waals surface area contributed by atoms with Gasteiger partial charge in [0.2, 0.25) is 0 Å². The molecule has 0 bridgehead atoms. The molecule has 1 atom stereocenters. The number of aromatic carboxylic acids is 1. The van der Waals surface area contributed by atoms with Crippen LogP contribution in [0.4, 0.5) is 4.39 Å². The van der Waals surface area contributed by atoms with Gasteiger partial charge in [-0.1, -0.05) is 29.5 Å². The van der Waals surface area contributed by atoms with Crippen molar-refractivity contribution in [2.75, 3.05) is 0 Å². The standard InChI is InChI=1S/C20H19FN4O3/c1-12(15-5-7-16(8-6-15)20(27)28)22-19(26)18-13(2)23-24-25(18)11-14-3-9-17(21)10-4-14/h3-10,12H,11H2,1-2H3,(H,22,26)(H,27,28)/t12-/m0/s1. The number of halogens is 1. The molecule has 1 amide bonds. The number of carboxylic acids is 1. The summed E-state index contributed by atoms with van der Waals surface area (Å²) in [5, 5.41) is 19.8. The van der Waals surface area contributed by atoms with Crippen molar-refractivity contribution < 1.29 is 19.1 Å². The van der Waals surface area contributed by atoms with Crippen LogP contribution in [-0.4, -0.2) is 32.0 Å². The maximum atomic E-state index is 13.1. The van der Waals surface area contributed by atoms with Gasteiger partial charge in [-0.05, 0) is 49.2 Å². The molecule has 0 spiro atoms. The highest BCUT2D eigenvalue weighted by Gasteiger charge is 2.20. The zero-order chi connectivity index (χ0) is 20.3. The maximum absolute atomic E-state index is 13.1. The van der Waals surface area contributed by atoms with Gasteiger partial charge in [-0.15, -0.1) is 5.10 Å². The molecule has 0 aliphatic carbocycles. The molecule has 3 rings (SSSR count). The molecule has 2 N–H and O–H groups in total. The Morgan fingerprint density at radius 3 is 2.39 bits per heavy atom. The minimum absolute atomic E-state index is 0.180. The highest BCUT2D eigenvalue weighted by Crippen LogP contribution is 2.16. The van der Waals surface area contributed by atoms with Crippen molar-refractivity contribution in [3.63, 3.8) is 0 Å². The highest BCUT2D eigenvalue weighted by molar-refractivity contribution is 5.93. The average molecular weight is 382 g/mol. The zero-order valence-electron chi connectivity index (χ0n) is 15.4. The van der Waals surface area contributed by atoms with Crippen molar-refractivity contribution in [2.45, 2.75) is 26.4 Å². The third kappa shape index (κ3) is 4.22. The van der Waals surface area contributed by atoms with Gasteiger partial charge in [0.25, 0.3) is 5.91 Å². The van der Waals surface area contributed by atoms with Crippen molar-refractivity contribution in [1.29, 1.82) is 0 Å². The van der Waals surface area contributed by atoms with Crippen LogP contribution in [-0.2, 0) is 6.54 Å². The Morgan fingerprint density at radius 1 is 1.14 bits per heavy atom. The van der Waals surface area contributed by atoms with Crippen LogP contribution in [0.5, 0.6) is 0 Å². The Morgan fingerprint density at radius 2 is 1.79 bits per heavy atom. The number of carboxylic acid groups (broad SMARTS) is 1. The molecular formula is C20H19FN4O3. The lowest BCUT2D eigenvalue weighted by atomic mass is 10.1. The third-order valence-electron chi connectivity index (χ3n) is 4.37. The largest absolute Gasteiger partial charge is 0.478 e. The summed E-state index contributed by atoms with van der Waals surface area (Å²) in [7, 11) is 0. The summed E-state index contributed by atoms with van der Waals surface area (Å²) < 4.78 is 14.5. The van der Waals surface area contributed by atoms with Crippen molar-refractivity contribution in [3.05, 3.63) is 82.4 Å². The van der Waals surface area contributed by atoms with Crippen LogP contribution in [0.15, 0.2) is 48.5 Å². The molecule has 1 heterocycles. The number of carbonyl (C=O) groups is 2. The summed E-state index contributed by atoms with van der Waals surface area (Å²) in [4.78, 5) is 23.7. The van der Waals surface area contributed by atoms with E-state index >= 15 is 0 Å². The van der Waals surface area contributed by atoms with Gasteiger partial charge in [0, 0.05) is 0 Å². The van der Waals surface area contributed by atoms with E-state index in [-0.39, 0.29) is 29.9 Å². The van der Waals surface area contributed by atoms with E-state index in [1.807, 2.05) is 0 Å². The van der Waals surface area contributed by atoms with Gasteiger partial charge in [0.15, 0.2) is 0 Å². The lowest BCUT2D eigenvalue weighted by Crippen LogP contribution is -2.29. The first-order valence-corrected chi connectivity index (χ1v) is 8.64. The van der Waals surface area contributed by atoms with Crippen LogP contribution in [0, 0.1) is 12.7 Å². The normalized spacial score (nSPS) is 11.8. The van der Waals surface area contributed by atoms with E-state index in [4.69, 9.17) is 5.11 Å². The van der Waals surface area contributed by atoms with Crippen LogP contribution >= 0.6 is 0 Å². The van der Waals surface area contributed by atoms with E-state index < -0.39 is 5.97 Å². The molecule has 0 radical (unpaired) electrons. The number of hydrogen-bond donors (Lipinski definition) is 2. The Kier molecular flexibility index (Phi) is 5.49. The average Bonchev–Trinajstić information content (AvgIpc) is 3.03. The third-order valence-corrected chi connectivity index (χ3v) is 4.37. The van der Waals surface area contributed by atoms with Crippen LogP contribution in [0.3, 0.4) is 0 Å². The second kappa shape index (κ2) is 7.99. The number of aromatic nitrogens is 3. The van der Waals surface area contributed by atoms with E-state index in [1.54, 1.807) is 38.1 Å². The molecule has 1 aromatic heterocycles. The summed E-state index contributed by atoms with van der Waals surface area (Å²) in [6.07, 6.45) is 0. The van der Waals surface area contributed by atoms with Gasteiger partial charge in [-0.25, -0.2) is 13.9 Å². The number of carbonyl (C=O) groups excluding carboxylic acids is 1. The second-order valence-electron chi connectivity index (χ2n) is 6.43. The molecule has 0 fully saturated rings. The molecule has 0 aliphatic rings. The number of nitrogens with zero attached hydrogens (tertiary/aromatic N) is 3. The number of amides is 1. The summed E-state index contributed by atoms with van der Waals surface area (Å²) in [6.45, 7) is 3.78. The minimum Gasteiger partial charge on any atom is -0.478 e. The van der Waals surface area contributed by atoms with E-state index in [0.29, 0.717) is 11.4 Å². The molecule has 0 aliphatic heterocycles. The Bertz CT molecular complexity index is 997. The molecule has 3 aromatic rings. The van der Waals surface area contributed by atoms with Gasteiger partial charge in [0.1, 0.15) is 11.5 Å². The predicted molar refractivity (Wildman–Crippen MR) is 99.5 cm³/mol. The summed E-state index contributed by atoms with van der Waals surface area (Å²) >= 11 is 0. The molecule has 7 nitrogen and oxygen atoms in total. The molecule has 28 heavy (non-hydrogen) atoms. The summed E-state index contributed by atoms with van der Waals surface area (Å²) in [6, 6.07) is 11.9. The molecule has 2 aromatic carbocycles. The van der Waals surface area contributed by atoms with Crippen LogP contribution in [0.2, 0.25) is 0 Å². The summed E-state index contributed by atoms with van der Waals surface area (Å²) in [5.74, 6) is -1.69. The van der Waals surface area contributed by atoms with Gasteiger partial charge in [-0.3, -0.25) is 4.79 Å². The molecule has 0 saturated heterocycles. The van der Waals surface area contributed by atoms with Gasteiger partial charge in [-0.2, -0.15) is 0 Å². The van der Waals surface area contributed by atoms with Crippen LogP contribution < -0.4 is 5.32 Å². The highest BCUT2D eigenvalue weighted by atomic mass is 19.1. The number of aryl methyl sites for hydroxylation is 1. The topological polar surface area (TPSA) is 97.1 Å². The van der Waals surface area contributed by atoms with Gasteiger partial charge in [0.05, 0.1) is 23.8 Å². The molecule has 0 unspecified atom stereocenters. The van der Waals surface area contributed by atoms with Crippen molar-refractivity contribution in [3.8, 4) is 0 Å². The van der Waals surface area contributed by atoms with E-state index in [1.165, 1.54) is 28.9 Å². The lowest BCUT2D eigenvalue weighted by molar-refractivity contribution is 0.0696. The number of rotatable bonds is 6. The second-order valence-corrected chi connectivity index (χ2v) is 6.43. The smallest absolute Gasteiger partial charge is 0.335 e. The first kappa shape index (κ1) is 19.2. The van der Waals surface area contributed by atoms with E-state index in [0.717, 1.165) is 11.1 Å². The fourth-order valence-corrected chi connectivity index (χ4v) is 2.82. The van der Waals surface area contributed by atoms with E-state index in [9.17, 15) is 14.0 Å². The fraction of sp³-hybridized carbons (Fsp3) is 0.200. The van der Waals surface area contributed by atoms with E-state index in [2.05, 4.69) is 15.6 Å². The maximum Gasteiger partial charge on any atom is 0.335 e. The summed E-state index contributed by atoms with van der Waals surface area (Å²) in [5.41, 5.74) is 2.54. The molecular weight excluding hydrogens is 363 g/mol. The first-order valence-electron chi connectivity index (χ1n) is 8.64. The number of hydrogen-bond acceptors (Lipinski definition) is 4. The van der Waals surface area contributed by atoms with Crippen molar-refractivity contribution in [1.82, 2.24) is 20.3 Å². The monoisotopic (exact) mass is 382 g/mol. The van der Waals surface area contributed by atoms with Gasteiger partial charge >= 0.3 is 5.97 Å². The Labute approximate surface area is 160 Å². The molecule has 0 saturated carbocycles. The number of benzene rings is 2. The predicted octanol–water partition coefficient (Wildman–Crippen LogP) is 2.96. The quantitative estimate of drug-likeness (QED) is 0.683.